The summed E-state index contributed by atoms with van der Waals surface area (Å²) in [7, 11) is -1.31. The molecule has 2 atom stereocenters. The molecular weight excluding hydrogens is 461 g/mol. The standard InChI is InChI=1S/C24H19ClFN5OS/c1-14(18-5-3-4-6-20(18)26)30-23-17(11-27)13-28-21-8-7-15(9-19(21)23)16-10-22(31-33(2)32)24(25)29-12-16/h3-10,12-14,31H,1-2H3,(H,28,30). The molecular formula is C24H19ClFN5OS. The summed E-state index contributed by atoms with van der Waals surface area (Å²) >= 11 is 6.12. The van der Waals surface area contributed by atoms with Crippen molar-refractivity contribution in [2.45, 2.75) is 13.0 Å². The first-order valence-electron chi connectivity index (χ1n) is 9.97. The Hall–Kier alpha value is -3.54. The highest BCUT2D eigenvalue weighted by Crippen LogP contribution is 2.34. The van der Waals surface area contributed by atoms with E-state index in [1.807, 2.05) is 25.1 Å². The molecule has 6 nitrogen and oxygen atoms in total. The Kier molecular flexibility index (Phi) is 6.54. The number of nitrogens with one attached hydrogen (secondary N) is 2. The average Bonchev–Trinajstić information content (AvgIpc) is 2.80. The molecule has 2 unspecified atom stereocenters. The quantitative estimate of drug-likeness (QED) is 0.339. The largest absolute Gasteiger partial charge is 0.377 e. The predicted octanol–water partition coefficient (Wildman–Crippen LogP) is 5.84. The van der Waals surface area contributed by atoms with Crippen LogP contribution in [-0.4, -0.2) is 20.4 Å². The van der Waals surface area contributed by atoms with E-state index < -0.39 is 11.0 Å². The van der Waals surface area contributed by atoms with Crippen LogP contribution in [0.1, 0.15) is 24.1 Å². The first kappa shape index (κ1) is 22.6. The van der Waals surface area contributed by atoms with Crippen LogP contribution >= 0.6 is 11.6 Å². The molecule has 0 saturated carbocycles. The van der Waals surface area contributed by atoms with Gasteiger partial charge in [-0.1, -0.05) is 35.9 Å². The maximum atomic E-state index is 14.3. The molecule has 33 heavy (non-hydrogen) atoms. The fourth-order valence-electron chi connectivity index (χ4n) is 3.57. The summed E-state index contributed by atoms with van der Waals surface area (Å²) in [5.41, 5.74) is 4.07. The number of rotatable bonds is 6. The molecule has 0 bridgehead atoms. The topological polar surface area (TPSA) is 90.7 Å². The first-order chi connectivity index (χ1) is 15.9. The van der Waals surface area contributed by atoms with E-state index in [-0.39, 0.29) is 17.0 Å². The summed E-state index contributed by atoms with van der Waals surface area (Å²) in [6.07, 6.45) is 4.62. The molecule has 4 rings (SSSR count). The Morgan fingerprint density at radius 3 is 2.64 bits per heavy atom. The number of hydrogen-bond acceptors (Lipinski definition) is 5. The third-order valence-electron chi connectivity index (χ3n) is 5.15. The second-order valence-electron chi connectivity index (χ2n) is 7.40. The number of benzene rings is 2. The Labute approximate surface area is 198 Å². The molecule has 4 aromatic rings. The zero-order valence-electron chi connectivity index (χ0n) is 17.8. The summed E-state index contributed by atoms with van der Waals surface area (Å²) in [4.78, 5) is 8.58. The van der Waals surface area contributed by atoms with Gasteiger partial charge >= 0.3 is 0 Å². The fraction of sp³-hybridized carbons (Fsp3) is 0.125. The van der Waals surface area contributed by atoms with Crippen molar-refractivity contribution in [1.29, 1.82) is 5.26 Å². The van der Waals surface area contributed by atoms with E-state index in [2.05, 4.69) is 26.1 Å². The summed E-state index contributed by atoms with van der Waals surface area (Å²) in [5, 5.41) is 13.9. The van der Waals surface area contributed by atoms with E-state index in [4.69, 9.17) is 11.6 Å². The van der Waals surface area contributed by atoms with Crippen molar-refractivity contribution < 1.29 is 8.60 Å². The minimum absolute atomic E-state index is 0.212. The molecule has 0 aliphatic carbocycles. The molecule has 2 aromatic carbocycles. The Morgan fingerprint density at radius 2 is 1.91 bits per heavy atom. The van der Waals surface area contributed by atoms with E-state index in [9.17, 15) is 13.9 Å². The van der Waals surface area contributed by atoms with E-state index in [0.717, 1.165) is 11.1 Å². The van der Waals surface area contributed by atoms with Gasteiger partial charge in [0, 0.05) is 35.2 Å². The lowest BCUT2D eigenvalue weighted by molar-refractivity contribution is 0.600. The lowest BCUT2D eigenvalue weighted by Crippen LogP contribution is -2.10. The molecule has 0 amide bonds. The number of anilines is 2. The molecule has 166 valence electrons. The lowest BCUT2D eigenvalue weighted by Gasteiger charge is -2.19. The van der Waals surface area contributed by atoms with Gasteiger partial charge in [0.2, 0.25) is 0 Å². The van der Waals surface area contributed by atoms with Crippen molar-refractivity contribution in [3.8, 4) is 17.2 Å². The van der Waals surface area contributed by atoms with Crippen LogP contribution in [0.2, 0.25) is 5.15 Å². The van der Waals surface area contributed by atoms with Gasteiger partial charge in [-0.25, -0.2) is 13.6 Å². The van der Waals surface area contributed by atoms with Gasteiger partial charge in [-0.05, 0) is 36.8 Å². The second-order valence-corrected chi connectivity index (χ2v) is 8.87. The van der Waals surface area contributed by atoms with E-state index in [1.165, 1.54) is 18.5 Å². The SMILES string of the molecule is CC(Nc1c(C#N)cnc2ccc(-c3cnc(Cl)c(NS(C)=O)c3)cc12)c1ccccc1F. The number of nitriles is 1. The van der Waals surface area contributed by atoms with Crippen molar-refractivity contribution in [2.75, 3.05) is 16.3 Å². The third kappa shape index (κ3) is 4.80. The minimum Gasteiger partial charge on any atom is -0.377 e. The van der Waals surface area contributed by atoms with Crippen LogP contribution in [0.4, 0.5) is 15.8 Å². The van der Waals surface area contributed by atoms with Crippen molar-refractivity contribution in [3.63, 3.8) is 0 Å². The first-order valence-corrected chi connectivity index (χ1v) is 11.9. The van der Waals surface area contributed by atoms with Gasteiger partial charge in [0.25, 0.3) is 0 Å². The van der Waals surface area contributed by atoms with Gasteiger partial charge in [-0.2, -0.15) is 5.26 Å². The molecule has 2 aromatic heterocycles. The van der Waals surface area contributed by atoms with Gasteiger partial charge < -0.3 is 10.0 Å². The normalized spacial score (nSPS) is 12.7. The summed E-state index contributed by atoms with van der Waals surface area (Å²) < 4.78 is 28.7. The summed E-state index contributed by atoms with van der Waals surface area (Å²) in [6.45, 7) is 1.83. The monoisotopic (exact) mass is 479 g/mol. The van der Waals surface area contributed by atoms with Crippen molar-refractivity contribution in [1.82, 2.24) is 9.97 Å². The molecule has 2 N–H and O–H groups in total. The number of pyridine rings is 2. The molecule has 9 heteroatoms. The smallest absolute Gasteiger partial charge is 0.153 e. The average molecular weight is 480 g/mol. The van der Waals surface area contributed by atoms with Crippen LogP contribution in [0.5, 0.6) is 0 Å². The number of hydrogen-bond donors (Lipinski definition) is 2. The molecule has 0 spiro atoms. The number of halogens is 2. The van der Waals surface area contributed by atoms with Crippen molar-refractivity contribution in [3.05, 3.63) is 83.0 Å². The zero-order chi connectivity index (χ0) is 23.5. The molecule has 0 fully saturated rings. The van der Waals surface area contributed by atoms with Crippen LogP contribution in [0.25, 0.3) is 22.0 Å². The Morgan fingerprint density at radius 1 is 1.12 bits per heavy atom. The lowest BCUT2D eigenvalue weighted by atomic mass is 10.0. The van der Waals surface area contributed by atoms with Gasteiger partial charge in [-0.15, -0.1) is 0 Å². The van der Waals surface area contributed by atoms with Crippen LogP contribution < -0.4 is 10.0 Å². The van der Waals surface area contributed by atoms with Crippen LogP contribution in [0.3, 0.4) is 0 Å². The highest BCUT2D eigenvalue weighted by Gasteiger charge is 2.16. The number of nitrogens with zero attached hydrogens (tertiary/aromatic N) is 3. The molecule has 0 aliphatic heterocycles. The van der Waals surface area contributed by atoms with Crippen LogP contribution in [0, 0.1) is 17.1 Å². The van der Waals surface area contributed by atoms with Crippen LogP contribution in [-0.2, 0) is 11.0 Å². The maximum absolute atomic E-state index is 14.3. The summed E-state index contributed by atoms with van der Waals surface area (Å²) in [6, 6.07) is 15.7. The molecule has 2 heterocycles. The number of aromatic nitrogens is 2. The Bertz CT molecular complexity index is 1420. The van der Waals surface area contributed by atoms with E-state index >= 15 is 0 Å². The summed E-state index contributed by atoms with van der Waals surface area (Å²) in [5.74, 6) is -0.323. The van der Waals surface area contributed by atoms with Crippen molar-refractivity contribution in [2.24, 2.45) is 0 Å². The maximum Gasteiger partial charge on any atom is 0.153 e. The molecule has 0 saturated heterocycles. The third-order valence-corrected chi connectivity index (χ3v) is 5.96. The molecule has 0 radical (unpaired) electrons. The van der Waals surface area contributed by atoms with Gasteiger partial charge in [0.05, 0.1) is 28.5 Å². The van der Waals surface area contributed by atoms with Crippen LogP contribution in [0.15, 0.2) is 60.9 Å². The fourth-order valence-corrected chi connectivity index (χ4v) is 4.24. The molecule has 0 aliphatic rings. The predicted molar refractivity (Wildman–Crippen MR) is 131 cm³/mol. The zero-order valence-corrected chi connectivity index (χ0v) is 19.3. The minimum atomic E-state index is -1.31. The van der Waals surface area contributed by atoms with E-state index in [0.29, 0.717) is 33.4 Å². The second kappa shape index (κ2) is 9.53. The van der Waals surface area contributed by atoms with Gasteiger partial charge in [0.15, 0.2) is 5.15 Å². The van der Waals surface area contributed by atoms with Crippen molar-refractivity contribution >= 4 is 44.9 Å². The highest BCUT2D eigenvalue weighted by molar-refractivity contribution is 7.85. The highest BCUT2D eigenvalue weighted by atomic mass is 35.5. The van der Waals surface area contributed by atoms with Gasteiger partial charge in [0.1, 0.15) is 22.9 Å². The Balaban J connectivity index is 1.81. The van der Waals surface area contributed by atoms with E-state index in [1.54, 1.807) is 30.5 Å². The van der Waals surface area contributed by atoms with Gasteiger partial charge in [-0.3, -0.25) is 4.98 Å². The number of fused-ring (bicyclic) bond motifs is 1.